The van der Waals surface area contributed by atoms with Gasteiger partial charge < -0.3 is 9.80 Å². The monoisotopic (exact) mass is 923 g/mol. The Bertz CT molecular complexity index is 1480. The quantitative estimate of drug-likeness (QED) is 0.237. The first kappa shape index (κ1) is 55.0. The smallest absolute Gasteiger partial charge is 0.0244 e. The zero-order valence-corrected chi connectivity index (χ0v) is 48.0. The summed E-state index contributed by atoms with van der Waals surface area (Å²) in [7, 11) is 6.83. The van der Waals surface area contributed by atoms with Crippen molar-refractivity contribution in [2.75, 3.05) is 86.6 Å². The van der Waals surface area contributed by atoms with Crippen molar-refractivity contribution in [3.63, 3.8) is 0 Å². The summed E-state index contributed by atoms with van der Waals surface area (Å²) >= 11 is 0. The van der Waals surface area contributed by atoms with E-state index in [0.29, 0.717) is 38.5 Å². The number of fused-ring (bicyclic) bond motifs is 12. The molecule has 0 spiro atoms. The molecule has 11 aliphatic rings. The molecule has 8 atom stereocenters. The van der Waals surface area contributed by atoms with Gasteiger partial charge in [-0.05, 0) is 244 Å². The molecule has 0 radical (unpaired) electrons. The summed E-state index contributed by atoms with van der Waals surface area (Å²) in [5, 5.41) is 0. The van der Waals surface area contributed by atoms with E-state index in [4.69, 9.17) is 0 Å². The van der Waals surface area contributed by atoms with Crippen LogP contribution < -0.4 is 0 Å². The van der Waals surface area contributed by atoms with E-state index in [-0.39, 0.29) is 0 Å². The van der Waals surface area contributed by atoms with Gasteiger partial charge in [0.05, 0.1) is 0 Å². The average Bonchev–Trinajstić information content (AvgIpc) is 3.80. The maximum atomic E-state index is 2.75. The molecular weight excluding hydrogens is 809 g/mol. The Labute approximate surface area is 412 Å². The van der Waals surface area contributed by atoms with Crippen LogP contribution in [0.25, 0.3) is 0 Å². The highest BCUT2D eigenvalue weighted by Crippen LogP contribution is 2.47. The number of hydrogen-bond acceptors (Lipinski definition) is 8. The third-order valence-electron chi connectivity index (χ3n) is 18.9. The summed E-state index contributed by atoms with van der Waals surface area (Å²) in [5.74, 6) is 2.14. The first-order chi connectivity index (χ1) is 30.2. The lowest BCUT2D eigenvalue weighted by Crippen LogP contribution is -2.64. The van der Waals surface area contributed by atoms with Crippen LogP contribution >= 0.6 is 0 Å². The molecule has 2 aliphatic carbocycles. The van der Waals surface area contributed by atoms with E-state index in [0.717, 1.165) is 48.1 Å². The number of piperidine rings is 3. The zero-order chi connectivity index (χ0) is 49.0. The van der Waals surface area contributed by atoms with Crippen molar-refractivity contribution in [1.82, 2.24) is 39.2 Å². The lowest BCUT2D eigenvalue weighted by molar-refractivity contribution is -0.0930. The molecule has 0 aromatic heterocycles. The molecule has 11 fully saturated rings. The topological polar surface area (TPSA) is 25.9 Å². The average molecular weight is 924 g/mol. The molecule has 9 aliphatic heterocycles. The van der Waals surface area contributed by atoms with E-state index in [9.17, 15) is 0 Å². The number of nitrogens with zero attached hydrogens (tertiary/aromatic N) is 8. The van der Waals surface area contributed by atoms with Gasteiger partial charge >= 0.3 is 0 Å². The van der Waals surface area contributed by atoms with Crippen molar-refractivity contribution in [2.24, 2.45) is 22.7 Å². The standard InChI is InChI=1S/C14H28N2.C12H23N.C11H22N2.C11H21N.C10H20N2/c1-12(2,3)16-10-13(4)7-14(5,11-16)9-15(6)8-13;1-12(2,3)13-9-8-10-4-6-11(13)7-5-10;1-11(2,3)13-7-9-5-6-10(8-13)12(9)4;1-11(2,3)12-7-6-9-4-5-10(12)8-9;1-10(2,3)12-7-8-5-9(12)6-11(8)4/h7-11H2,1-6H3;10-11H,4-9H2,1-3H3;9-10H,5-8H2,1-4H3;9-10H,4-8H2,1-3H3;8-9H,5-7H2,1-4H3. The van der Waals surface area contributed by atoms with E-state index in [2.05, 4.69) is 178 Å². The van der Waals surface area contributed by atoms with Crippen LogP contribution in [0.5, 0.6) is 0 Å². The van der Waals surface area contributed by atoms with Crippen LogP contribution in [-0.4, -0.2) is 190 Å². The van der Waals surface area contributed by atoms with Gasteiger partial charge in [-0.2, -0.15) is 0 Å². The van der Waals surface area contributed by atoms with Crippen LogP contribution in [0.1, 0.15) is 201 Å². The molecule has 0 amide bonds. The minimum Gasteiger partial charge on any atom is -0.305 e. The van der Waals surface area contributed by atoms with Crippen LogP contribution in [-0.2, 0) is 0 Å². The fourth-order valence-corrected chi connectivity index (χ4v) is 15.6. The SMILES string of the molecule is CC(C)(C)N1CCC2CCC1C2.CC(C)(C)N1CCC2CCC1CC2.CN1C2CCC1CN(C(C)(C)C)C2.CN1CC2(C)CN(C(C)(C)C)CC(C)(C1)C2.CN1CC2CC1CN2C(C)(C)C. The van der Waals surface area contributed by atoms with Crippen molar-refractivity contribution in [3.8, 4) is 0 Å². The number of likely N-dealkylation sites (tertiary alicyclic amines) is 6. The van der Waals surface area contributed by atoms with E-state index in [1.165, 1.54) is 149 Å². The maximum absolute atomic E-state index is 2.75. The fourth-order valence-electron chi connectivity index (χ4n) is 15.6. The van der Waals surface area contributed by atoms with Gasteiger partial charge in [0.2, 0.25) is 0 Å². The highest BCUT2D eigenvalue weighted by molar-refractivity contribution is 5.04. The van der Waals surface area contributed by atoms with Crippen molar-refractivity contribution < 1.29 is 0 Å². The second-order valence-corrected chi connectivity index (χ2v) is 30.2. The summed E-state index contributed by atoms with van der Waals surface area (Å²) in [6.45, 7) is 53.0. The highest BCUT2D eigenvalue weighted by Gasteiger charge is 2.50. The summed E-state index contributed by atoms with van der Waals surface area (Å²) in [6.07, 6.45) is 18.9. The van der Waals surface area contributed by atoms with Crippen LogP contribution in [0, 0.1) is 22.7 Å². The first-order valence-electron chi connectivity index (χ1n) is 28.1. The second kappa shape index (κ2) is 20.7. The van der Waals surface area contributed by atoms with E-state index in [1.807, 2.05) is 0 Å². The van der Waals surface area contributed by atoms with Crippen molar-refractivity contribution in [1.29, 1.82) is 0 Å². The van der Waals surface area contributed by atoms with Gasteiger partial charge in [0.25, 0.3) is 0 Å². The van der Waals surface area contributed by atoms with Crippen molar-refractivity contribution in [2.45, 2.75) is 265 Å². The fraction of sp³-hybridized carbons (Fsp3) is 1.00. The molecule has 386 valence electrons. The third-order valence-corrected chi connectivity index (χ3v) is 18.9. The molecule has 8 unspecified atom stereocenters. The van der Waals surface area contributed by atoms with Crippen LogP contribution in [0.3, 0.4) is 0 Å². The van der Waals surface area contributed by atoms with Gasteiger partial charge in [0, 0.05) is 116 Å². The Hall–Kier alpha value is -0.320. The number of rotatable bonds is 0. The lowest BCUT2D eigenvalue weighted by atomic mass is 9.65. The summed E-state index contributed by atoms with van der Waals surface area (Å²) in [6, 6.07) is 5.16. The molecule has 2 saturated carbocycles. The predicted molar refractivity (Wildman–Crippen MR) is 286 cm³/mol. The van der Waals surface area contributed by atoms with E-state index >= 15 is 0 Å². The first-order valence-corrected chi connectivity index (χ1v) is 28.1. The Kier molecular flexibility index (Phi) is 17.2. The van der Waals surface area contributed by atoms with Gasteiger partial charge in [-0.15, -0.1) is 0 Å². The molecule has 9 heterocycles. The number of hydrogen-bond donors (Lipinski definition) is 0. The van der Waals surface area contributed by atoms with Crippen molar-refractivity contribution >= 4 is 0 Å². The molecular formula is C58H114N8. The second-order valence-electron chi connectivity index (χ2n) is 30.2. The normalized spacial score (nSPS) is 38.4. The largest absolute Gasteiger partial charge is 0.305 e. The van der Waals surface area contributed by atoms with Gasteiger partial charge in [0.1, 0.15) is 0 Å². The predicted octanol–water partition coefficient (Wildman–Crippen LogP) is 10.9. The third kappa shape index (κ3) is 14.0. The molecule has 8 heteroatoms. The Balaban J connectivity index is 0.000000137. The van der Waals surface area contributed by atoms with Gasteiger partial charge in [-0.3, -0.25) is 29.4 Å². The summed E-state index contributed by atoms with van der Waals surface area (Å²) < 4.78 is 0. The maximum Gasteiger partial charge on any atom is 0.0244 e. The highest BCUT2D eigenvalue weighted by atomic mass is 15.4. The number of likely N-dealkylation sites (N-methyl/N-ethyl adjacent to an activating group) is 2. The summed E-state index contributed by atoms with van der Waals surface area (Å²) in [5.41, 5.74) is 2.84. The van der Waals surface area contributed by atoms with Crippen LogP contribution in [0.4, 0.5) is 0 Å². The van der Waals surface area contributed by atoms with Crippen LogP contribution in [0.15, 0.2) is 0 Å². The summed E-state index contributed by atoms with van der Waals surface area (Å²) in [4.78, 5) is 21.1. The molecule has 0 aromatic carbocycles. The van der Waals surface area contributed by atoms with Gasteiger partial charge in [-0.1, -0.05) is 13.8 Å². The molecule has 9 saturated heterocycles. The minimum absolute atomic E-state index is 0.318. The molecule has 0 aromatic rings. The number of piperazine rings is 2. The van der Waals surface area contributed by atoms with Crippen molar-refractivity contribution in [3.05, 3.63) is 0 Å². The molecule has 0 N–H and O–H groups in total. The lowest BCUT2D eigenvalue weighted by Gasteiger charge is -2.59. The van der Waals surface area contributed by atoms with Crippen LogP contribution in [0.2, 0.25) is 0 Å². The molecule has 66 heavy (non-hydrogen) atoms. The molecule has 11 rings (SSSR count). The van der Waals surface area contributed by atoms with Gasteiger partial charge in [0.15, 0.2) is 0 Å². The Morgan fingerprint density at radius 2 is 0.803 bits per heavy atom. The van der Waals surface area contributed by atoms with E-state index in [1.54, 1.807) is 0 Å². The zero-order valence-electron chi connectivity index (χ0n) is 48.0. The molecule has 10 bridgehead atoms. The molecule has 8 nitrogen and oxygen atoms in total. The van der Waals surface area contributed by atoms with E-state index < -0.39 is 0 Å². The Morgan fingerprint density at radius 1 is 0.364 bits per heavy atom. The minimum atomic E-state index is 0.318. The Morgan fingerprint density at radius 3 is 1.24 bits per heavy atom. The van der Waals surface area contributed by atoms with Gasteiger partial charge in [-0.25, -0.2) is 0 Å².